The first-order valence-electron chi connectivity index (χ1n) is 10.5. The number of hydrogen-bond acceptors (Lipinski definition) is 2. The zero-order valence-corrected chi connectivity index (χ0v) is 17.6. The normalized spacial score (nSPS) is 10.8. The number of nitrogens with zero attached hydrogens (tertiary/aromatic N) is 2. The molecule has 0 unspecified atom stereocenters. The van der Waals surface area contributed by atoms with Crippen LogP contribution < -0.4 is 0 Å². The molecular weight excluding hydrogens is 409 g/mol. The van der Waals surface area contributed by atoms with Gasteiger partial charge in [0.1, 0.15) is 11.6 Å². The van der Waals surface area contributed by atoms with Crippen LogP contribution in [0.15, 0.2) is 60.9 Å². The first kappa shape index (κ1) is 21.6. The third-order valence-electron chi connectivity index (χ3n) is 5.19. The Hall–Kier alpha value is -3.65. The third-order valence-corrected chi connectivity index (χ3v) is 5.19. The molecule has 0 aliphatic rings. The molecule has 0 fully saturated rings. The Morgan fingerprint density at radius 3 is 2.16 bits per heavy atom. The van der Waals surface area contributed by atoms with Gasteiger partial charge in [0.15, 0.2) is 11.6 Å². The van der Waals surface area contributed by atoms with E-state index in [0.717, 1.165) is 41.9 Å². The van der Waals surface area contributed by atoms with Crippen molar-refractivity contribution in [2.75, 3.05) is 0 Å². The van der Waals surface area contributed by atoms with Gasteiger partial charge in [0.25, 0.3) is 0 Å². The molecule has 5 heteroatoms. The summed E-state index contributed by atoms with van der Waals surface area (Å²) in [6, 6.07) is 12.3. The van der Waals surface area contributed by atoms with E-state index in [4.69, 9.17) is 0 Å². The van der Waals surface area contributed by atoms with Crippen molar-refractivity contribution in [2.24, 2.45) is 0 Å². The zero-order valence-electron chi connectivity index (χ0n) is 17.6. The van der Waals surface area contributed by atoms with Crippen LogP contribution in [0.3, 0.4) is 0 Å². The zero-order chi connectivity index (χ0) is 22.5. The van der Waals surface area contributed by atoms with Gasteiger partial charge in [-0.2, -0.15) is 0 Å². The van der Waals surface area contributed by atoms with Gasteiger partial charge in [-0.05, 0) is 71.1 Å². The summed E-state index contributed by atoms with van der Waals surface area (Å²) in [5.74, 6) is 4.25. The van der Waals surface area contributed by atoms with Crippen molar-refractivity contribution >= 4 is 10.8 Å². The van der Waals surface area contributed by atoms with E-state index >= 15 is 0 Å². The minimum Gasteiger partial charge on any atom is -0.241 e. The topological polar surface area (TPSA) is 25.8 Å². The van der Waals surface area contributed by atoms with Gasteiger partial charge >= 0.3 is 0 Å². The van der Waals surface area contributed by atoms with Crippen molar-refractivity contribution in [3.05, 3.63) is 106 Å². The van der Waals surface area contributed by atoms with Gasteiger partial charge in [-0.25, -0.2) is 23.1 Å². The lowest BCUT2D eigenvalue weighted by atomic mass is 10.0. The number of fused-ring (bicyclic) bond motifs is 1. The maximum atomic E-state index is 14.5. The van der Waals surface area contributed by atoms with Gasteiger partial charge in [-0.1, -0.05) is 37.3 Å². The Kier molecular flexibility index (Phi) is 6.51. The molecule has 3 aromatic carbocycles. The summed E-state index contributed by atoms with van der Waals surface area (Å²) in [7, 11) is 0. The highest BCUT2D eigenvalue weighted by Crippen LogP contribution is 2.20. The molecule has 4 rings (SSSR count). The van der Waals surface area contributed by atoms with Crippen molar-refractivity contribution < 1.29 is 13.2 Å². The highest BCUT2D eigenvalue weighted by Gasteiger charge is 2.06. The molecule has 0 N–H and O–H groups in total. The molecule has 0 aliphatic carbocycles. The first-order valence-corrected chi connectivity index (χ1v) is 10.5. The maximum absolute atomic E-state index is 14.5. The van der Waals surface area contributed by atoms with Gasteiger partial charge in [0.05, 0.1) is 5.56 Å². The van der Waals surface area contributed by atoms with Gasteiger partial charge < -0.3 is 0 Å². The van der Waals surface area contributed by atoms with Gasteiger partial charge in [0, 0.05) is 24.4 Å². The summed E-state index contributed by atoms with van der Waals surface area (Å²) in [5, 5.41) is 1.12. The number of rotatable bonds is 5. The second-order valence-electron chi connectivity index (χ2n) is 7.65. The predicted molar refractivity (Wildman–Crippen MR) is 120 cm³/mol. The van der Waals surface area contributed by atoms with E-state index in [9.17, 15) is 13.2 Å². The number of hydrogen-bond donors (Lipinski definition) is 0. The van der Waals surface area contributed by atoms with Crippen molar-refractivity contribution in [3.8, 4) is 11.8 Å². The van der Waals surface area contributed by atoms with Crippen LogP contribution in [-0.4, -0.2) is 9.97 Å². The molecule has 160 valence electrons. The molecule has 0 radical (unpaired) electrons. The lowest BCUT2D eigenvalue weighted by Gasteiger charge is -2.04. The van der Waals surface area contributed by atoms with E-state index in [1.54, 1.807) is 24.3 Å². The number of halogens is 3. The van der Waals surface area contributed by atoms with E-state index in [-0.39, 0.29) is 5.56 Å². The number of aromatic nitrogens is 2. The highest BCUT2D eigenvalue weighted by molar-refractivity contribution is 5.84. The van der Waals surface area contributed by atoms with E-state index < -0.39 is 17.5 Å². The Balaban J connectivity index is 1.45. The Labute approximate surface area is 185 Å². The van der Waals surface area contributed by atoms with Crippen LogP contribution >= 0.6 is 0 Å². The van der Waals surface area contributed by atoms with Crippen molar-refractivity contribution in [2.45, 2.75) is 32.6 Å². The molecule has 32 heavy (non-hydrogen) atoms. The second kappa shape index (κ2) is 9.65. The third kappa shape index (κ3) is 5.15. The van der Waals surface area contributed by atoms with Crippen LogP contribution in [0.4, 0.5) is 13.2 Å². The Morgan fingerprint density at radius 1 is 0.688 bits per heavy atom. The fourth-order valence-electron chi connectivity index (χ4n) is 3.46. The first-order chi connectivity index (χ1) is 15.5. The number of aryl methyl sites for hydroxylation is 3. The monoisotopic (exact) mass is 430 g/mol. The van der Waals surface area contributed by atoms with Gasteiger partial charge in [0.2, 0.25) is 0 Å². The summed E-state index contributed by atoms with van der Waals surface area (Å²) >= 11 is 0. The van der Waals surface area contributed by atoms with Crippen molar-refractivity contribution in [1.29, 1.82) is 0 Å². The molecule has 1 aromatic heterocycles. The molecule has 0 saturated carbocycles. The Morgan fingerprint density at radius 2 is 1.44 bits per heavy atom. The minimum absolute atomic E-state index is 0.277. The number of benzene rings is 3. The molecule has 0 aliphatic heterocycles. The van der Waals surface area contributed by atoms with E-state index in [1.165, 1.54) is 6.07 Å². The Bertz CT molecular complexity index is 1320. The summed E-state index contributed by atoms with van der Waals surface area (Å²) in [6.45, 7) is 2.11. The van der Waals surface area contributed by atoms with Gasteiger partial charge in [-0.15, -0.1) is 0 Å². The molecule has 0 bridgehead atoms. The molecular formula is C27H21F3N2. The summed E-state index contributed by atoms with van der Waals surface area (Å²) < 4.78 is 41.4. The second-order valence-corrected chi connectivity index (χ2v) is 7.65. The minimum atomic E-state index is -0.911. The summed E-state index contributed by atoms with van der Waals surface area (Å²) in [5.41, 5.74) is 2.83. The molecule has 0 saturated heterocycles. The van der Waals surface area contributed by atoms with Crippen molar-refractivity contribution in [3.63, 3.8) is 0 Å². The molecule has 2 nitrogen and oxygen atoms in total. The molecule has 0 amide bonds. The van der Waals surface area contributed by atoms with Crippen LogP contribution in [0.25, 0.3) is 10.8 Å². The lowest BCUT2D eigenvalue weighted by Crippen LogP contribution is -2.00. The quantitative estimate of drug-likeness (QED) is 0.353. The van der Waals surface area contributed by atoms with Crippen LogP contribution in [0.2, 0.25) is 0 Å². The average molecular weight is 430 g/mol. The maximum Gasteiger partial charge on any atom is 0.159 e. The predicted octanol–water partition coefficient (Wildman–Crippen LogP) is 6.18. The SMILES string of the molecule is CCCc1cnc(CCc2ccc(C#Cc3ccc4cc(F)c(F)cc4c3)c(F)c2)nc1. The fourth-order valence-corrected chi connectivity index (χ4v) is 3.46. The van der Waals surface area contributed by atoms with E-state index in [1.807, 2.05) is 18.5 Å². The van der Waals surface area contributed by atoms with Crippen LogP contribution in [0.5, 0.6) is 0 Å². The summed E-state index contributed by atoms with van der Waals surface area (Å²) in [4.78, 5) is 8.75. The lowest BCUT2D eigenvalue weighted by molar-refractivity contribution is 0.511. The van der Waals surface area contributed by atoms with Crippen LogP contribution in [0, 0.1) is 29.3 Å². The smallest absolute Gasteiger partial charge is 0.159 e. The largest absolute Gasteiger partial charge is 0.241 e. The molecule has 1 heterocycles. The fraction of sp³-hybridized carbons (Fsp3) is 0.185. The average Bonchev–Trinajstić information content (AvgIpc) is 2.79. The standard InChI is InChI=1S/C27H21F3N2/c1-2-3-20-16-31-27(32-17-20)11-7-19-5-9-21(24(28)13-19)8-4-18-6-10-22-14-25(29)26(30)15-23(22)12-18/h5-6,9-10,12-17H,2-3,7,11H2,1H3. The van der Waals surface area contributed by atoms with E-state index in [2.05, 4.69) is 28.7 Å². The van der Waals surface area contributed by atoms with Gasteiger partial charge in [-0.3, -0.25) is 0 Å². The molecule has 4 aromatic rings. The van der Waals surface area contributed by atoms with E-state index in [0.29, 0.717) is 29.2 Å². The van der Waals surface area contributed by atoms with Crippen molar-refractivity contribution in [1.82, 2.24) is 9.97 Å². The highest BCUT2D eigenvalue weighted by atomic mass is 19.2. The van der Waals surface area contributed by atoms with Crippen LogP contribution in [0.1, 0.15) is 41.4 Å². The summed E-state index contributed by atoms with van der Waals surface area (Å²) in [6.07, 6.45) is 6.97. The van der Waals surface area contributed by atoms with Crippen LogP contribution in [-0.2, 0) is 19.3 Å². The molecule has 0 spiro atoms. The molecule has 0 atom stereocenters.